The first-order chi connectivity index (χ1) is 14.4. The number of halogens is 1. The van der Waals surface area contributed by atoms with E-state index in [0.29, 0.717) is 49.6 Å². The summed E-state index contributed by atoms with van der Waals surface area (Å²) in [6.07, 6.45) is 3.01. The van der Waals surface area contributed by atoms with Crippen molar-refractivity contribution in [3.8, 4) is 0 Å². The zero-order valence-electron chi connectivity index (χ0n) is 17.0. The molecule has 1 saturated heterocycles. The first kappa shape index (κ1) is 22.2. The molecule has 1 atom stereocenters. The molecule has 3 amide bonds. The fraction of sp³-hybridized carbons (Fsp3) is 0.500. The summed E-state index contributed by atoms with van der Waals surface area (Å²) < 4.78 is 6.00. The van der Waals surface area contributed by atoms with Crippen LogP contribution in [0.15, 0.2) is 34.1 Å². The van der Waals surface area contributed by atoms with Gasteiger partial charge in [-0.3, -0.25) is 9.69 Å². The lowest BCUT2D eigenvalue weighted by Crippen LogP contribution is -2.52. The average molecular weight is 480 g/mol. The molecule has 0 bridgehead atoms. The van der Waals surface area contributed by atoms with Crippen molar-refractivity contribution in [1.29, 1.82) is 0 Å². The smallest absolute Gasteiger partial charge is 0.337 e. The summed E-state index contributed by atoms with van der Waals surface area (Å²) in [6, 6.07) is 2.83. The quantitative estimate of drug-likeness (QED) is 0.537. The molecular weight excluding hydrogens is 454 g/mol. The summed E-state index contributed by atoms with van der Waals surface area (Å²) in [5, 5.41) is 8.30. The van der Waals surface area contributed by atoms with Crippen molar-refractivity contribution >= 4 is 39.7 Å². The lowest BCUT2D eigenvalue weighted by Gasteiger charge is -2.34. The number of hydrogen-bond donors (Lipinski definition) is 3. The Balaban J connectivity index is 1.59. The number of ether oxygens (including phenoxy) is 1. The summed E-state index contributed by atoms with van der Waals surface area (Å²) in [4.78, 5) is 43.1. The van der Waals surface area contributed by atoms with E-state index < -0.39 is 12.0 Å². The molecule has 1 aromatic rings. The number of anilines is 1. The molecule has 2 aliphatic heterocycles. The molecule has 0 aliphatic carbocycles. The van der Waals surface area contributed by atoms with E-state index in [2.05, 4.69) is 41.8 Å². The molecule has 162 valence electrons. The molecule has 0 spiro atoms. The number of rotatable bonds is 6. The van der Waals surface area contributed by atoms with Gasteiger partial charge in [0.2, 0.25) is 5.91 Å². The van der Waals surface area contributed by atoms with E-state index in [-0.39, 0.29) is 24.5 Å². The van der Waals surface area contributed by atoms with Crippen molar-refractivity contribution in [2.24, 2.45) is 5.92 Å². The lowest BCUT2D eigenvalue weighted by atomic mass is 9.95. The Bertz CT molecular complexity index is 834. The number of likely N-dealkylation sites (tertiary alicyclic amines) is 1. The number of carbonyl (C=O) groups excluding carboxylic acids is 3. The molecule has 1 unspecified atom stereocenters. The Labute approximate surface area is 183 Å². The van der Waals surface area contributed by atoms with Crippen LogP contribution in [-0.2, 0) is 14.3 Å². The fourth-order valence-corrected chi connectivity index (χ4v) is 3.89. The summed E-state index contributed by atoms with van der Waals surface area (Å²) >= 11 is 3.32. The average Bonchev–Trinajstić information content (AvgIpc) is 2.70. The van der Waals surface area contributed by atoms with Gasteiger partial charge in [0.15, 0.2) is 0 Å². The third-order valence-corrected chi connectivity index (χ3v) is 5.65. The first-order valence-electron chi connectivity index (χ1n) is 9.99. The summed E-state index contributed by atoms with van der Waals surface area (Å²) in [5.41, 5.74) is 1.00. The predicted molar refractivity (Wildman–Crippen MR) is 115 cm³/mol. The second kappa shape index (κ2) is 10.0. The number of carbonyl (C=O) groups is 3. The van der Waals surface area contributed by atoms with Crippen molar-refractivity contribution in [2.75, 3.05) is 31.6 Å². The second-order valence-corrected chi connectivity index (χ2v) is 8.25. The number of urea groups is 1. The first-order valence-corrected chi connectivity index (χ1v) is 10.8. The van der Waals surface area contributed by atoms with Crippen molar-refractivity contribution in [3.63, 3.8) is 0 Å². The Kier molecular flexibility index (Phi) is 7.43. The van der Waals surface area contributed by atoms with E-state index in [4.69, 9.17) is 4.74 Å². The van der Waals surface area contributed by atoms with Crippen LogP contribution in [0.4, 0.5) is 10.6 Å². The van der Waals surface area contributed by atoms with Gasteiger partial charge in [-0.25, -0.2) is 14.6 Å². The van der Waals surface area contributed by atoms with Crippen molar-refractivity contribution < 1.29 is 19.1 Å². The Morgan fingerprint density at radius 2 is 2.07 bits per heavy atom. The van der Waals surface area contributed by atoms with Crippen LogP contribution in [0.3, 0.4) is 0 Å². The molecule has 0 saturated carbocycles. The predicted octanol–water partition coefficient (Wildman–Crippen LogP) is 2.01. The van der Waals surface area contributed by atoms with Gasteiger partial charge < -0.3 is 20.7 Å². The molecule has 3 rings (SSSR count). The topological polar surface area (TPSA) is 113 Å². The number of piperidine rings is 1. The number of amides is 3. The minimum absolute atomic E-state index is 0.0420. The van der Waals surface area contributed by atoms with Gasteiger partial charge in [0.05, 0.1) is 18.2 Å². The fourth-order valence-electron chi connectivity index (χ4n) is 3.66. The van der Waals surface area contributed by atoms with Crippen LogP contribution in [0.25, 0.3) is 0 Å². The maximum Gasteiger partial charge on any atom is 0.337 e. The number of pyridine rings is 1. The third kappa shape index (κ3) is 5.57. The maximum atomic E-state index is 12.5. The third-order valence-electron chi connectivity index (χ3n) is 5.18. The molecule has 3 heterocycles. The molecule has 0 aromatic carbocycles. The lowest BCUT2D eigenvalue weighted by molar-refractivity contribution is -0.139. The van der Waals surface area contributed by atoms with Crippen LogP contribution in [0, 0.1) is 5.92 Å². The van der Waals surface area contributed by atoms with Crippen LogP contribution in [0.2, 0.25) is 0 Å². The minimum atomic E-state index is -0.427. The van der Waals surface area contributed by atoms with Crippen LogP contribution >= 0.6 is 15.9 Å². The molecule has 30 heavy (non-hydrogen) atoms. The van der Waals surface area contributed by atoms with E-state index in [0.717, 1.165) is 4.47 Å². The van der Waals surface area contributed by atoms with Gasteiger partial charge in [0.1, 0.15) is 5.82 Å². The molecule has 0 radical (unpaired) electrons. The Hall–Kier alpha value is -2.46. The molecule has 3 N–H and O–H groups in total. The summed E-state index contributed by atoms with van der Waals surface area (Å²) in [7, 11) is 0. The van der Waals surface area contributed by atoms with Gasteiger partial charge >= 0.3 is 12.0 Å². The Morgan fingerprint density at radius 1 is 1.33 bits per heavy atom. The number of hydrogen-bond acceptors (Lipinski definition) is 6. The van der Waals surface area contributed by atoms with Crippen LogP contribution < -0.4 is 16.0 Å². The molecule has 10 heteroatoms. The summed E-state index contributed by atoms with van der Waals surface area (Å²) in [6.45, 7) is 5.57. The zero-order valence-corrected chi connectivity index (χ0v) is 18.6. The second-order valence-electron chi connectivity index (χ2n) is 7.33. The molecule has 1 fully saturated rings. The van der Waals surface area contributed by atoms with Crippen molar-refractivity contribution in [1.82, 2.24) is 20.5 Å². The van der Waals surface area contributed by atoms with Crippen LogP contribution in [-0.4, -0.2) is 60.1 Å². The number of nitrogens with one attached hydrogen (secondary N) is 3. The van der Waals surface area contributed by atoms with Crippen molar-refractivity contribution in [2.45, 2.75) is 32.7 Å². The van der Waals surface area contributed by atoms with E-state index >= 15 is 0 Å². The highest BCUT2D eigenvalue weighted by molar-refractivity contribution is 9.10. The highest BCUT2D eigenvalue weighted by atomic mass is 79.9. The van der Waals surface area contributed by atoms with Crippen molar-refractivity contribution in [3.05, 3.63) is 34.1 Å². The zero-order chi connectivity index (χ0) is 21.7. The number of nitrogens with zero attached hydrogens (tertiary/aromatic N) is 2. The van der Waals surface area contributed by atoms with Gasteiger partial charge in [-0.2, -0.15) is 0 Å². The highest BCUT2D eigenvalue weighted by Gasteiger charge is 2.32. The minimum Gasteiger partial charge on any atom is -0.463 e. The monoisotopic (exact) mass is 479 g/mol. The highest BCUT2D eigenvalue weighted by Crippen LogP contribution is 2.22. The van der Waals surface area contributed by atoms with Crippen LogP contribution in [0.1, 0.15) is 26.7 Å². The SMILES string of the molecule is CCOC(=O)C1=C(CN2CCC(C(=O)Nc3ccc(Br)cn3)CC2)NC(=O)NC1C. The Morgan fingerprint density at radius 3 is 2.70 bits per heavy atom. The molecule has 1 aromatic heterocycles. The van der Waals surface area contributed by atoms with Gasteiger partial charge in [0.25, 0.3) is 0 Å². The molecule has 9 nitrogen and oxygen atoms in total. The van der Waals surface area contributed by atoms with E-state index in [1.165, 1.54) is 0 Å². The van der Waals surface area contributed by atoms with Crippen LogP contribution in [0.5, 0.6) is 0 Å². The largest absolute Gasteiger partial charge is 0.463 e. The van der Waals surface area contributed by atoms with Gasteiger partial charge in [-0.1, -0.05) is 0 Å². The maximum absolute atomic E-state index is 12.5. The molecule has 2 aliphatic rings. The van der Waals surface area contributed by atoms with Gasteiger partial charge in [-0.05, 0) is 67.8 Å². The van der Waals surface area contributed by atoms with Gasteiger partial charge in [-0.15, -0.1) is 0 Å². The van der Waals surface area contributed by atoms with E-state index in [9.17, 15) is 14.4 Å². The summed E-state index contributed by atoms with van der Waals surface area (Å²) in [5.74, 6) is -0.0449. The van der Waals surface area contributed by atoms with E-state index in [1.54, 1.807) is 26.1 Å². The van der Waals surface area contributed by atoms with E-state index in [1.807, 2.05) is 6.07 Å². The van der Waals surface area contributed by atoms with Gasteiger partial charge in [0, 0.05) is 28.8 Å². The number of aromatic nitrogens is 1. The standard InChI is InChI=1S/C20H26BrN5O4/c1-3-30-19(28)17-12(2)23-20(29)24-15(17)11-26-8-6-13(7-9-26)18(27)25-16-5-4-14(21)10-22-16/h4-5,10,12-13H,3,6-9,11H2,1-2H3,(H,22,25,27)(H2,23,24,29). The number of esters is 1. The normalized spacial score (nSPS) is 20.4. The molecular formula is C20H26BrN5O4.